The average Bonchev–Trinajstić information content (AvgIpc) is 3.28. The summed E-state index contributed by atoms with van der Waals surface area (Å²) in [5.74, 6) is -0.708. The number of carbonyl (C=O) groups excluding carboxylic acids is 1. The molecule has 1 rings (SSSR count). The van der Waals surface area contributed by atoms with Crippen LogP contribution in [0.4, 0.5) is 0 Å². The maximum absolute atomic E-state index is 13.2. The smallest absolute Gasteiger partial charge is 0.394 e. The predicted molar refractivity (Wildman–Crippen MR) is 261 cm³/mol. The zero-order valence-corrected chi connectivity index (χ0v) is 41.7. The lowest BCUT2D eigenvalue weighted by molar-refractivity contribution is -0.298. The normalized spacial score (nSPS) is 20.8. The second-order valence-corrected chi connectivity index (χ2v) is 19.7. The topological polar surface area (TPSA) is 212 Å². The molecule has 14 heteroatoms. The molecule has 0 aromatic rings. The predicted octanol–water partition coefficient (Wildman–Crippen LogP) is 10.3. The summed E-state index contributed by atoms with van der Waals surface area (Å²) in [6, 6.07) is -1.13. The van der Waals surface area contributed by atoms with Crippen molar-refractivity contribution in [2.24, 2.45) is 0 Å². The van der Waals surface area contributed by atoms with Crippen LogP contribution >= 0.6 is 0 Å². The third kappa shape index (κ3) is 33.6. The molecule has 0 aliphatic carbocycles. The van der Waals surface area contributed by atoms with Gasteiger partial charge in [-0.3, -0.25) is 9.35 Å². The number of unbranched alkanes of at least 4 members (excludes halogenated alkanes) is 30. The van der Waals surface area contributed by atoms with E-state index in [0.717, 1.165) is 38.5 Å². The van der Waals surface area contributed by atoms with E-state index in [2.05, 4.69) is 35.5 Å². The number of ether oxygens (including phenoxy) is 2. The SMILES string of the molecule is CCCCCCCCCCCCC/C=C/CC/C=C/C(O)C(COC1OC(CO)C(O)C(OS(=O)(=O)O)C1O)NC(=O)C(O)CCCCCCCCCCCCCCCCCCCCC. The Morgan fingerprint density at radius 1 is 0.615 bits per heavy atom. The van der Waals surface area contributed by atoms with E-state index in [9.17, 15) is 43.3 Å². The van der Waals surface area contributed by atoms with Gasteiger partial charge in [-0.15, -0.1) is 0 Å². The van der Waals surface area contributed by atoms with Crippen molar-refractivity contribution in [1.82, 2.24) is 5.32 Å². The van der Waals surface area contributed by atoms with Gasteiger partial charge in [-0.2, -0.15) is 8.42 Å². The van der Waals surface area contributed by atoms with Gasteiger partial charge in [0, 0.05) is 0 Å². The number of allylic oxidation sites excluding steroid dienone is 3. The lowest BCUT2D eigenvalue weighted by atomic mass is 9.99. The standard InChI is InChI=1S/C51H97NO12S/c1-3-5-7-9-11-13-15-17-19-21-22-24-26-28-30-32-34-36-38-40-45(55)50(58)52-43(42-62-51-48(57)49(64-65(59,60)61)47(56)46(41-53)63-51)44(54)39-37-35-33-31-29-27-25-23-20-18-16-14-12-10-8-6-4-2/h29,31,37,39,43-49,51,53-57H,3-28,30,32-36,38,40-42H2,1-2H3,(H,52,58)(H,59,60,61)/b31-29+,39-37+. The van der Waals surface area contributed by atoms with Crippen LogP contribution in [-0.2, 0) is 28.9 Å². The van der Waals surface area contributed by atoms with Crippen LogP contribution in [0.25, 0.3) is 0 Å². The van der Waals surface area contributed by atoms with E-state index in [4.69, 9.17) is 9.47 Å². The van der Waals surface area contributed by atoms with Gasteiger partial charge in [-0.25, -0.2) is 4.18 Å². The van der Waals surface area contributed by atoms with Gasteiger partial charge in [0.05, 0.1) is 25.4 Å². The first-order valence-electron chi connectivity index (χ1n) is 26.3. The van der Waals surface area contributed by atoms with Crippen LogP contribution in [-0.4, -0.2) is 107 Å². The highest BCUT2D eigenvalue weighted by molar-refractivity contribution is 7.80. The molecule has 1 fully saturated rings. The lowest BCUT2D eigenvalue weighted by Crippen LogP contribution is -2.61. The Balaban J connectivity index is 2.51. The minimum absolute atomic E-state index is 0.241. The molecule has 8 atom stereocenters. The van der Waals surface area contributed by atoms with Crippen molar-refractivity contribution >= 4 is 16.3 Å². The lowest BCUT2D eigenvalue weighted by Gasteiger charge is -2.41. The Labute approximate surface area is 395 Å². The zero-order valence-electron chi connectivity index (χ0n) is 40.9. The number of carbonyl (C=O) groups is 1. The number of rotatable bonds is 45. The van der Waals surface area contributed by atoms with Crippen molar-refractivity contribution in [3.8, 4) is 0 Å². The van der Waals surface area contributed by atoms with E-state index in [0.29, 0.717) is 12.8 Å². The van der Waals surface area contributed by atoms with Crippen molar-refractivity contribution in [1.29, 1.82) is 0 Å². The number of aliphatic hydroxyl groups excluding tert-OH is 5. The van der Waals surface area contributed by atoms with E-state index in [1.807, 2.05) is 0 Å². The summed E-state index contributed by atoms with van der Waals surface area (Å²) < 4.78 is 47.6. The van der Waals surface area contributed by atoms with Gasteiger partial charge in [-0.05, 0) is 32.1 Å². The summed E-state index contributed by atoms with van der Waals surface area (Å²) in [7, 11) is -5.12. The molecule has 0 bridgehead atoms. The Morgan fingerprint density at radius 2 is 1.03 bits per heavy atom. The minimum atomic E-state index is -5.12. The van der Waals surface area contributed by atoms with Gasteiger partial charge in [-0.1, -0.05) is 224 Å². The fourth-order valence-corrected chi connectivity index (χ4v) is 8.93. The maximum Gasteiger partial charge on any atom is 0.397 e. The summed E-state index contributed by atoms with van der Waals surface area (Å²) in [5, 5.41) is 55.4. The van der Waals surface area contributed by atoms with Gasteiger partial charge in [0.25, 0.3) is 0 Å². The Hall–Kier alpha value is -1.46. The van der Waals surface area contributed by atoms with Crippen molar-refractivity contribution in [2.75, 3.05) is 13.2 Å². The van der Waals surface area contributed by atoms with E-state index in [1.165, 1.54) is 167 Å². The molecule has 0 aromatic carbocycles. The molecule has 65 heavy (non-hydrogen) atoms. The van der Waals surface area contributed by atoms with Crippen LogP contribution < -0.4 is 5.32 Å². The first-order valence-corrected chi connectivity index (χ1v) is 27.7. The van der Waals surface area contributed by atoms with Crippen molar-refractivity contribution in [3.63, 3.8) is 0 Å². The van der Waals surface area contributed by atoms with Gasteiger partial charge < -0.3 is 40.3 Å². The molecule has 7 N–H and O–H groups in total. The van der Waals surface area contributed by atoms with Crippen molar-refractivity contribution < 1.29 is 57.0 Å². The largest absolute Gasteiger partial charge is 0.397 e. The quantitative estimate of drug-likeness (QED) is 0.0173. The van der Waals surface area contributed by atoms with Crippen LogP contribution in [0.3, 0.4) is 0 Å². The summed E-state index contributed by atoms with van der Waals surface area (Å²) in [6.45, 7) is 3.23. The number of nitrogens with one attached hydrogen (secondary N) is 1. The van der Waals surface area contributed by atoms with Gasteiger partial charge in [0.1, 0.15) is 30.5 Å². The second kappa shape index (κ2) is 41.5. The molecular formula is C51H97NO12S. The highest BCUT2D eigenvalue weighted by Crippen LogP contribution is 2.26. The summed E-state index contributed by atoms with van der Waals surface area (Å²) in [4.78, 5) is 13.2. The second-order valence-electron chi connectivity index (χ2n) is 18.6. The van der Waals surface area contributed by atoms with E-state index in [1.54, 1.807) is 6.08 Å². The molecule has 1 aliphatic rings. The molecule has 1 heterocycles. The summed E-state index contributed by atoms with van der Waals surface area (Å²) >= 11 is 0. The summed E-state index contributed by atoms with van der Waals surface area (Å²) in [5.41, 5.74) is 0. The monoisotopic (exact) mass is 948 g/mol. The highest BCUT2D eigenvalue weighted by atomic mass is 32.3. The number of aliphatic hydroxyl groups is 5. The third-order valence-electron chi connectivity index (χ3n) is 12.6. The Bertz CT molecular complexity index is 1270. The fraction of sp³-hybridized carbons (Fsp3) is 0.902. The molecule has 0 radical (unpaired) electrons. The Kier molecular flexibility index (Phi) is 39.3. The number of amides is 1. The van der Waals surface area contributed by atoms with Crippen molar-refractivity contribution in [3.05, 3.63) is 24.3 Å². The first kappa shape index (κ1) is 61.6. The number of hydrogen-bond donors (Lipinski definition) is 7. The van der Waals surface area contributed by atoms with Crippen LogP contribution in [0.5, 0.6) is 0 Å². The molecule has 1 aliphatic heterocycles. The van der Waals surface area contributed by atoms with Crippen LogP contribution in [0, 0.1) is 0 Å². The highest BCUT2D eigenvalue weighted by Gasteiger charge is 2.48. The molecule has 1 saturated heterocycles. The zero-order chi connectivity index (χ0) is 47.8. The van der Waals surface area contributed by atoms with E-state index >= 15 is 0 Å². The molecule has 1 amide bonds. The van der Waals surface area contributed by atoms with Gasteiger partial charge >= 0.3 is 10.4 Å². The molecule has 8 unspecified atom stereocenters. The molecule has 13 nitrogen and oxygen atoms in total. The van der Waals surface area contributed by atoms with E-state index < -0.39 is 78.5 Å². The minimum Gasteiger partial charge on any atom is -0.394 e. The van der Waals surface area contributed by atoms with Gasteiger partial charge in [0.2, 0.25) is 5.91 Å². The third-order valence-corrected chi connectivity index (χ3v) is 13.1. The molecule has 0 saturated carbocycles. The van der Waals surface area contributed by atoms with Crippen LogP contribution in [0.1, 0.15) is 232 Å². The average molecular weight is 948 g/mol. The van der Waals surface area contributed by atoms with Crippen LogP contribution in [0.15, 0.2) is 24.3 Å². The number of hydrogen-bond acceptors (Lipinski definition) is 11. The summed E-state index contributed by atoms with van der Waals surface area (Å²) in [6.07, 6.45) is 36.8. The Morgan fingerprint density at radius 3 is 1.48 bits per heavy atom. The maximum atomic E-state index is 13.2. The first-order chi connectivity index (χ1) is 31.4. The molecule has 384 valence electrons. The fourth-order valence-electron chi connectivity index (χ4n) is 8.42. The molecule has 0 spiro atoms. The van der Waals surface area contributed by atoms with E-state index in [-0.39, 0.29) is 6.42 Å². The molecule has 0 aromatic heterocycles. The van der Waals surface area contributed by atoms with Crippen molar-refractivity contribution in [2.45, 2.75) is 281 Å². The van der Waals surface area contributed by atoms with Crippen LogP contribution in [0.2, 0.25) is 0 Å². The molecular weight excluding hydrogens is 851 g/mol. The van der Waals surface area contributed by atoms with Gasteiger partial charge in [0.15, 0.2) is 6.29 Å².